The fourth-order valence-electron chi connectivity index (χ4n) is 1.48. The maximum atomic E-state index is 4.41. The molecule has 3 nitrogen and oxygen atoms in total. The van der Waals surface area contributed by atoms with Gasteiger partial charge in [-0.2, -0.15) is 0 Å². The molecule has 3 aromatic rings. The average molecular weight is 344 g/mol. The fourth-order valence-corrected chi connectivity index (χ4v) is 2.32. The summed E-state index contributed by atoms with van der Waals surface area (Å²) in [6.45, 7) is 12.1. The van der Waals surface area contributed by atoms with Gasteiger partial charge in [-0.3, -0.25) is 4.98 Å². The molecule has 0 aliphatic rings. The number of nitrogens with one attached hydrogen (secondary N) is 1. The first-order valence-electron chi connectivity index (χ1n) is 8.37. The third kappa shape index (κ3) is 9.06. The molecule has 0 unspecified atom stereocenters. The van der Waals surface area contributed by atoms with Crippen LogP contribution in [0.2, 0.25) is 0 Å². The molecule has 130 valence electrons. The molecule has 4 heteroatoms. The van der Waals surface area contributed by atoms with E-state index >= 15 is 0 Å². The van der Waals surface area contributed by atoms with E-state index < -0.39 is 0 Å². The van der Waals surface area contributed by atoms with Crippen molar-refractivity contribution >= 4 is 22.2 Å². The highest BCUT2D eigenvalue weighted by atomic mass is 32.1. The number of aromatic nitrogens is 2. The Morgan fingerprint density at radius 1 is 0.792 bits per heavy atom. The molecule has 0 spiro atoms. The number of hydrogen-bond acceptors (Lipinski definition) is 4. The van der Waals surface area contributed by atoms with E-state index in [-0.39, 0.29) is 0 Å². The van der Waals surface area contributed by atoms with E-state index in [0.717, 1.165) is 16.5 Å². The Morgan fingerprint density at radius 3 is 1.71 bits per heavy atom. The topological polar surface area (TPSA) is 37.8 Å². The lowest BCUT2D eigenvalue weighted by atomic mass is 10.3. The first kappa shape index (κ1) is 21.8. The lowest BCUT2D eigenvalue weighted by Gasteiger charge is -2.00. The van der Waals surface area contributed by atoms with E-state index in [1.165, 1.54) is 4.88 Å². The predicted molar refractivity (Wildman–Crippen MR) is 108 cm³/mol. The molecule has 2 aromatic heterocycles. The van der Waals surface area contributed by atoms with Gasteiger partial charge in [0.05, 0.1) is 5.69 Å². The molecule has 0 aliphatic heterocycles. The lowest BCUT2D eigenvalue weighted by Crippen LogP contribution is -1.88. The van der Waals surface area contributed by atoms with Crippen molar-refractivity contribution in [2.75, 3.05) is 5.32 Å². The van der Waals surface area contributed by atoms with Crippen LogP contribution < -0.4 is 5.32 Å². The Bertz CT molecular complexity index is 576. The largest absolute Gasteiger partial charge is 0.332 e. The molecule has 3 rings (SSSR count). The summed E-state index contributed by atoms with van der Waals surface area (Å²) in [4.78, 5) is 9.46. The zero-order valence-electron chi connectivity index (χ0n) is 15.6. The number of pyridine rings is 1. The van der Waals surface area contributed by atoms with Crippen LogP contribution in [-0.2, 0) is 0 Å². The van der Waals surface area contributed by atoms with Gasteiger partial charge in [-0.1, -0.05) is 52.0 Å². The SMILES string of the molecule is CC.CC.Cc1nc(Nc2ccccc2)sc1C.c1ccncc1. The summed E-state index contributed by atoms with van der Waals surface area (Å²) in [7, 11) is 0. The summed E-state index contributed by atoms with van der Waals surface area (Å²) in [5, 5.41) is 4.24. The Balaban J connectivity index is 0.000000443. The van der Waals surface area contributed by atoms with Gasteiger partial charge in [0, 0.05) is 23.0 Å². The Hall–Kier alpha value is -2.20. The number of hydrogen-bond donors (Lipinski definition) is 1. The van der Waals surface area contributed by atoms with Crippen LogP contribution in [0.15, 0.2) is 60.9 Å². The molecule has 1 N–H and O–H groups in total. The second kappa shape index (κ2) is 14.4. The van der Waals surface area contributed by atoms with E-state index in [1.807, 2.05) is 83.1 Å². The zero-order chi connectivity index (χ0) is 18.2. The smallest absolute Gasteiger partial charge is 0.187 e. The van der Waals surface area contributed by atoms with Crippen LogP contribution in [-0.4, -0.2) is 9.97 Å². The first-order chi connectivity index (χ1) is 11.8. The van der Waals surface area contributed by atoms with Crippen molar-refractivity contribution in [2.45, 2.75) is 41.5 Å². The number of nitrogens with zero attached hydrogens (tertiary/aromatic N) is 2. The molecule has 0 atom stereocenters. The van der Waals surface area contributed by atoms with Crippen LogP contribution in [0.5, 0.6) is 0 Å². The molecule has 1 aromatic carbocycles. The van der Waals surface area contributed by atoms with Crippen LogP contribution in [0.4, 0.5) is 10.8 Å². The third-order valence-corrected chi connectivity index (χ3v) is 3.61. The summed E-state index contributed by atoms with van der Waals surface area (Å²) in [5.74, 6) is 0. The molecule has 0 saturated heterocycles. The Labute approximate surface area is 150 Å². The normalized spacial score (nSPS) is 8.42. The number of anilines is 2. The van der Waals surface area contributed by atoms with E-state index in [4.69, 9.17) is 0 Å². The number of aryl methyl sites for hydroxylation is 2. The minimum atomic E-state index is 0.964. The maximum Gasteiger partial charge on any atom is 0.187 e. The van der Waals surface area contributed by atoms with Crippen molar-refractivity contribution in [3.05, 3.63) is 71.5 Å². The number of thiazole rings is 1. The quantitative estimate of drug-likeness (QED) is 0.567. The highest BCUT2D eigenvalue weighted by molar-refractivity contribution is 7.15. The van der Waals surface area contributed by atoms with Crippen molar-refractivity contribution in [3.8, 4) is 0 Å². The van der Waals surface area contributed by atoms with Crippen molar-refractivity contribution in [2.24, 2.45) is 0 Å². The van der Waals surface area contributed by atoms with Crippen molar-refractivity contribution in [3.63, 3.8) is 0 Å². The highest BCUT2D eigenvalue weighted by Gasteiger charge is 2.02. The maximum absolute atomic E-state index is 4.41. The minimum absolute atomic E-state index is 0.964. The second-order valence-electron chi connectivity index (χ2n) is 4.18. The first-order valence-corrected chi connectivity index (χ1v) is 9.18. The van der Waals surface area contributed by atoms with Gasteiger partial charge in [-0.25, -0.2) is 4.98 Å². The molecule has 0 amide bonds. The van der Waals surface area contributed by atoms with E-state index in [1.54, 1.807) is 23.7 Å². The van der Waals surface area contributed by atoms with Crippen molar-refractivity contribution < 1.29 is 0 Å². The van der Waals surface area contributed by atoms with Gasteiger partial charge in [0.15, 0.2) is 5.13 Å². The van der Waals surface area contributed by atoms with Gasteiger partial charge in [0.2, 0.25) is 0 Å². The molecule has 0 radical (unpaired) electrons. The molecule has 24 heavy (non-hydrogen) atoms. The number of benzene rings is 1. The van der Waals surface area contributed by atoms with Crippen LogP contribution in [0.1, 0.15) is 38.3 Å². The lowest BCUT2D eigenvalue weighted by molar-refractivity contribution is 1.23. The Morgan fingerprint density at radius 2 is 1.33 bits per heavy atom. The van der Waals surface area contributed by atoms with Crippen LogP contribution in [0, 0.1) is 13.8 Å². The van der Waals surface area contributed by atoms with E-state index in [2.05, 4.69) is 22.2 Å². The molecule has 0 bridgehead atoms. The summed E-state index contributed by atoms with van der Waals surface area (Å²) in [5.41, 5.74) is 2.19. The summed E-state index contributed by atoms with van der Waals surface area (Å²) >= 11 is 1.69. The summed E-state index contributed by atoms with van der Waals surface area (Å²) in [6.07, 6.45) is 3.50. The number of rotatable bonds is 2. The zero-order valence-corrected chi connectivity index (χ0v) is 16.4. The second-order valence-corrected chi connectivity index (χ2v) is 5.38. The molecular weight excluding hydrogens is 314 g/mol. The van der Waals surface area contributed by atoms with Gasteiger partial charge >= 0.3 is 0 Å². The van der Waals surface area contributed by atoms with E-state index in [0.29, 0.717) is 0 Å². The van der Waals surface area contributed by atoms with Gasteiger partial charge in [0.25, 0.3) is 0 Å². The Kier molecular flexibility index (Phi) is 13.1. The molecule has 0 aliphatic carbocycles. The predicted octanol–water partition coefficient (Wildman–Crippen LogP) is 6.64. The third-order valence-electron chi connectivity index (χ3n) is 2.62. The molecule has 2 heterocycles. The van der Waals surface area contributed by atoms with Crippen LogP contribution in [0.3, 0.4) is 0 Å². The monoisotopic (exact) mass is 343 g/mol. The van der Waals surface area contributed by atoms with Crippen molar-refractivity contribution in [1.82, 2.24) is 9.97 Å². The standard InChI is InChI=1S/C11H12N2S.C5H5N.2C2H6/c1-8-9(2)14-11(12-8)13-10-6-4-3-5-7-10;1-2-4-6-5-3-1;2*1-2/h3-7H,1-2H3,(H,12,13);1-5H;2*1-2H3. The van der Waals surface area contributed by atoms with E-state index in [9.17, 15) is 0 Å². The highest BCUT2D eigenvalue weighted by Crippen LogP contribution is 2.24. The van der Waals surface area contributed by atoms with Gasteiger partial charge < -0.3 is 5.32 Å². The summed E-state index contributed by atoms with van der Waals surface area (Å²) < 4.78 is 0. The average Bonchev–Trinajstić information content (AvgIpc) is 2.98. The van der Waals surface area contributed by atoms with Gasteiger partial charge in [0.1, 0.15) is 0 Å². The molecule has 0 fully saturated rings. The van der Waals surface area contributed by atoms with Crippen LogP contribution >= 0.6 is 11.3 Å². The minimum Gasteiger partial charge on any atom is -0.332 e. The molecular formula is C20H29N3S. The van der Waals surface area contributed by atoms with Crippen molar-refractivity contribution in [1.29, 1.82) is 0 Å². The van der Waals surface area contributed by atoms with Gasteiger partial charge in [-0.05, 0) is 38.1 Å². The fraction of sp³-hybridized carbons (Fsp3) is 0.300. The number of para-hydroxylation sites is 1. The molecule has 0 saturated carbocycles. The van der Waals surface area contributed by atoms with Crippen LogP contribution in [0.25, 0.3) is 0 Å². The summed E-state index contributed by atoms with van der Waals surface area (Å²) in [6, 6.07) is 15.8. The van der Waals surface area contributed by atoms with Gasteiger partial charge in [-0.15, -0.1) is 11.3 Å².